The fourth-order valence-corrected chi connectivity index (χ4v) is 5.29. The molecule has 9 heteroatoms. The number of rotatable bonds is 32. The number of unbranched alkanes of at least 4 members (excludes halogenated alkanes) is 16. The Morgan fingerprint density at radius 3 is 1.77 bits per heavy atom. The van der Waals surface area contributed by atoms with Gasteiger partial charge in [-0.3, -0.25) is 13.8 Å². The summed E-state index contributed by atoms with van der Waals surface area (Å²) < 4.78 is 34.6. The third kappa shape index (κ3) is 32.4. The molecule has 0 saturated carbocycles. The van der Waals surface area contributed by atoms with Crippen molar-refractivity contribution in [3.05, 3.63) is 12.2 Å². The largest absolute Gasteiger partial charge is 0.472 e. The van der Waals surface area contributed by atoms with Crippen molar-refractivity contribution < 1.29 is 37.3 Å². The lowest BCUT2D eigenvalue weighted by Crippen LogP contribution is -2.37. The Kier molecular flexibility index (Phi) is 28.2. The van der Waals surface area contributed by atoms with Gasteiger partial charge in [0, 0.05) is 13.0 Å². The lowest BCUT2D eigenvalue weighted by atomic mass is 10.1. The molecule has 0 spiro atoms. The first-order chi connectivity index (χ1) is 20.6. The molecule has 0 aromatic rings. The summed E-state index contributed by atoms with van der Waals surface area (Å²) in [6.07, 6.45) is 26.8. The molecule has 256 valence electrons. The van der Waals surface area contributed by atoms with Gasteiger partial charge < -0.3 is 18.9 Å². The molecule has 0 aromatic carbocycles. The third-order valence-corrected chi connectivity index (χ3v) is 8.31. The first-order valence-electron chi connectivity index (χ1n) is 17.4. The third-order valence-electron chi connectivity index (χ3n) is 7.33. The summed E-state index contributed by atoms with van der Waals surface area (Å²) in [6.45, 7) is 5.55. The monoisotopic (exact) mass is 634 g/mol. The molecular formula is C34H69NO7P+. The van der Waals surface area contributed by atoms with E-state index in [2.05, 4.69) is 26.0 Å². The van der Waals surface area contributed by atoms with Gasteiger partial charge in [-0.25, -0.2) is 4.57 Å². The molecule has 0 rings (SSSR count). The molecule has 0 aliphatic rings. The lowest BCUT2D eigenvalue weighted by molar-refractivity contribution is -0.870. The van der Waals surface area contributed by atoms with Crippen molar-refractivity contribution in [2.45, 2.75) is 148 Å². The summed E-state index contributed by atoms with van der Waals surface area (Å²) in [5, 5.41) is 0. The van der Waals surface area contributed by atoms with Crippen LogP contribution < -0.4 is 0 Å². The van der Waals surface area contributed by atoms with Crippen molar-refractivity contribution in [3.63, 3.8) is 0 Å². The number of nitrogens with zero attached hydrogens (tertiary/aromatic N) is 1. The Hall–Kier alpha value is -0.760. The van der Waals surface area contributed by atoms with Crippen LogP contribution in [0.3, 0.4) is 0 Å². The summed E-state index contributed by atoms with van der Waals surface area (Å²) >= 11 is 0. The van der Waals surface area contributed by atoms with E-state index in [9.17, 15) is 14.3 Å². The predicted octanol–water partition coefficient (Wildman–Crippen LogP) is 9.15. The number of phosphoric acid groups is 1. The van der Waals surface area contributed by atoms with Gasteiger partial charge in [-0.15, -0.1) is 0 Å². The van der Waals surface area contributed by atoms with Crippen LogP contribution in [0.15, 0.2) is 12.2 Å². The number of hydrogen-bond donors (Lipinski definition) is 1. The van der Waals surface area contributed by atoms with E-state index in [4.69, 9.17) is 18.5 Å². The minimum absolute atomic E-state index is 0.0890. The smallest absolute Gasteiger partial charge is 0.457 e. The van der Waals surface area contributed by atoms with Gasteiger partial charge >= 0.3 is 13.8 Å². The Labute approximate surface area is 265 Å². The first kappa shape index (κ1) is 42.2. The molecule has 1 N–H and O–H groups in total. The van der Waals surface area contributed by atoms with Gasteiger partial charge in [0.15, 0.2) is 0 Å². The number of likely N-dealkylation sites (N-methyl/N-ethyl adjacent to an activating group) is 1. The zero-order chi connectivity index (χ0) is 32.1. The Bertz CT molecular complexity index is 711. The second-order valence-electron chi connectivity index (χ2n) is 12.9. The predicted molar refractivity (Wildman–Crippen MR) is 178 cm³/mol. The van der Waals surface area contributed by atoms with E-state index >= 15 is 0 Å². The van der Waals surface area contributed by atoms with Crippen LogP contribution in [-0.2, 0) is 27.9 Å². The number of esters is 1. The van der Waals surface area contributed by atoms with E-state index in [0.717, 1.165) is 38.5 Å². The lowest BCUT2D eigenvalue weighted by Gasteiger charge is -2.24. The minimum atomic E-state index is -4.25. The minimum Gasteiger partial charge on any atom is -0.457 e. The number of ether oxygens (including phenoxy) is 2. The first-order valence-corrected chi connectivity index (χ1v) is 18.9. The molecule has 0 radical (unpaired) electrons. The van der Waals surface area contributed by atoms with Gasteiger partial charge in [-0.05, 0) is 38.5 Å². The SMILES string of the molecule is CCCCCCCC/C=C\CCCCCCCC(=O)OC(COCCCCCCCC)COP(=O)(O)OCC[N+](C)(C)C. The van der Waals surface area contributed by atoms with Crippen LogP contribution in [0.2, 0.25) is 0 Å². The maximum absolute atomic E-state index is 12.5. The van der Waals surface area contributed by atoms with Gasteiger partial charge in [0.25, 0.3) is 0 Å². The van der Waals surface area contributed by atoms with Gasteiger partial charge in [-0.2, -0.15) is 0 Å². The van der Waals surface area contributed by atoms with Crippen molar-refractivity contribution in [1.82, 2.24) is 0 Å². The average Bonchev–Trinajstić information content (AvgIpc) is 2.94. The number of carbonyl (C=O) groups is 1. The highest BCUT2D eigenvalue weighted by Gasteiger charge is 2.26. The number of hydrogen-bond acceptors (Lipinski definition) is 6. The Morgan fingerprint density at radius 1 is 0.698 bits per heavy atom. The van der Waals surface area contributed by atoms with Crippen LogP contribution in [0.4, 0.5) is 0 Å². The van der Waals surface area contributed by atoms with Crippen LogP contribution in [-0.4, -0.2) is 75.6 Å². The van der Waals surface area contributed by atoms with Gasteiger partial charge in [-0.1, -0.05) is 109 Å². The van der Waals surface area contributed by atoms with E-state index in [0.29, 0.717) is 24.1 Å². The number of allylic oxidation sites excluding steroid dienone is 2. The number of phosphoric ester groups is 1. The highest BCUT2D eigenvalue weighted by molar-refractivity contribution is 7.47. The fraction of sp³-hybridized carbons (Fsp3) is 0.912. The number of quaternary nitrogens is 1. The molecule has 0 heterocycles. The molecular weight excluding hydrogens is 565 g/mol. The highest BCUT2D eigenvalue weighted by Crippen LogP contribution is 2.43. The van der Waals surface area contributed by atoms with Gasteiger partial charge in [0.1, 0.15) is 19.3 Å². The summed E-state index contributed by atoms with van der Waals surface area (Å²) in [6, 6.07) is 0. The van der Waals surface area contributed by atoms with E-state index in [1.807, 2.05) is 21.1 Å². The van der Waals surface area contributed by atoms with E-state index in [1.165, 1.54) is 83.5 Å². The molecule has 2 atom stereocenters. The standard InChI is InChI=1S/C34H68NO7P/c1-6-8-10-12-14-15-16-17-18-19-20-21-22-23-25-27-34(36)42-33(31-39-29-26-24-13-11-9-7-2)32-41-43(37,38)40-30-28-35(3,4)5/h17-18,33H,6-16,19-32H2,1-5H3/p+1/b18-17-. The average molecular weight is 635 g/mol. The zero-order valence-corrected chi connectivity index (χ0v) is 29.6. The maximum atomic E-state index is 12.5. The molecule has 43 heavy (non-hydrogen) atoms. The molecule has 0 bridgehead atoms. The zero-order valence-electron chi connectivity index (χ0n) is 28.7. The number of carbonyl (C=O) groups excluding carboxylic acids is 1. The second kappa shape index (κ2) is 28.7. The quantitative estimate of drug-likeness (QED) is 0.0259. The van der Waals surface area contributed by atoms with Crippen molar-refractivity contribution in [2.75, 3.05) is 54.1 Å². The highest BCUT2D eigenvalue weighted by atomic mass is 31.2. The fourth-order valence-electron chi connectivity index (χ4n) is 4.54. The van der Waals surface area contributed by atoms with E-state index < -0.39 is 13.9 Å². The van der Waals surface area contributed by atoms with E-state index in [1.54, 1.807) is 0 Å². The Balaban J connectivity index is 4.25. The van der Waals surface area contributed by atoms with Gasteiger partial charge in [0.05, 0.1) is 34.4 Å². The molecule has 0 fully saturated rings. The molecule has 2 unspecified atom stereocenters. The maximum Gasteiger partial charge on any atom is 0.472 e. The van der Waals surface area contributed by atoms with Crippen molar-refractivity contribution in [2.24, 2.45) is 0 Å². The van der Waals surface area contributed by atoms with Crippen LogP contribution >= 0.6 is 7.82 Å². The molecule has 0 aliphatic heterocycles. The summed E-state index contributed by atoms with van der Waals surface area (Å²) in [4.78, 5) is 22.6. The summed E-state index contributed by atoms with van der Waals surface area (Å²) in [5.74, 6) is -0.326. The van der Waals surface area contributed by atoms with Crippen LogP contribution in [0.25, 0.3) is 0 Å². The Morgan fingerprint density at radius 2 is 1.21 bits per heavy atom. The normalized spacial score (nSPS) is 14.3. The van der Waals surface area contributed by atoms with Crippen molar-refractivity contribution >= 4 is 13.8 Å². The van der Waals surface area contributed by atoms with Crippen molar-refractivity contribution in [3.8, 4) is 0 Å². The molecule has 0 amide bonds. The summed E-state index contributed by atoms with van der Waals surface area (Å²) in [7, 11) is 1.66. The molecule has 8 nitrogen and oxygen atoms in total. The van der Waals surface area contributed by atoms with Crippen molar-refractivity contribution in [1.29, 1.82) is 0 Å². The summed E-state index contributed by atoms with van der Waals surface area (Å²) in [5.41, 5.74) is 0. The van der Waals surface area contributed by atoms with Crippen LogP contribution in [0.1, 0.15) is 142 Å². The molecule has 0 aromatic heterocycles. The van der Waals surface area contributed by atoms with E-state index in [-0.39, 0.29) is 25.8 Å². The van der Waals surface area contributed by atoms with Gasteiger partial charge in [0.2, 0.25) is 0 Å². The van der Waals surface area contributed by atoms with Crippen LogP contribution in [0.5, 0.6) is 0 Å². The second-order valence-corrected chi connectivity index (χ2v) is 14.4. The van der Waals surface area contributed by atoms with Crippen LogP contribution in [0, 0.1) is 0 Å². The molecule has 0 aliphatic carbocycles. The molecule has 0 saturated heterocycles. The topological polar surface area (TPSA) is 91.3 Å².